The van der Waals surface area contributed by atoms with Crippen molar-refractivity contribution in [2.45, 2.75) is 6.54 Å². The van der Waals surface area contributed by atoms with Crippen LogP contribution in [-0.4, -0.2) is 25.0 Å². The summed E-state index contributed by atoms with van der Waals surface area (Å²) in [6, 6.07) is 19.6. The Labute approximate surface area is 187 Å². The number of pyridine rings is 1. The van der Waals surface area contributed by atoms with Gasteiger partial charge >= 0.3 is 0 Å². The van der Waals surface area contributed by atoms with Gasteiger partial charge in [0.05, 0.1) is 16.4 Å². The molecule has 0 saturated carbocycles. The Bertz CT molecular complexity index is 1160. The predicted molar refractivity (Wildman–Crippen MR) is 123 cm³/mol. The van der Waals surface area contributed by atoms with Gasteiger partial charge in [0.1, 0.15) is 16.3 Å². The Kier molecular flexibility index (Phi) is 6.06. The number of thioether (sulfide) groups is 1. The average molecular weight is 450 g/mol. The number of nitro groups is 1. The van der Waals surface area contributed by atoms with E-state index in [0.29, 0.717) is 21.5 Å². The molecule has 1 amide bonds. The van der Waals surface area contributed by atoms with Crippen LogP contribution < -0.4 is 4.74 Å². The number of nitrogens with zero attached hydrogens (tertiary/aromatic N) is 3. The molecule has 1 aliphatic rings. The lowest BCUT2D eigenvalue weighted by molar-refractivity contribution is -0.385. The minimum absolute atomic E-state index is 0.104. The number of hydrogen-bond acceptors (Lipinski definition) is 7. The van der Waals surface area contributed by atoms with Crippen molar-refractivity contribution in [2.75, 3.05) is 0 Å². The van der Waals surface area contributed by atoms with Crippen molar-refractivity contribution < 1.29 is 14.5 Å². The highest BCUT2D eigenvalue weighted by Gasteiger charge is 2.31. The fourth-order valence-corrected chi connectivity index (χ4v) is 4.10. The molecular formula is C22H15N3O4S2. The third-order valence-electron chi connectivity index (χ3n) is 4.39. The normalized spacial score (nSPS) is 14.8. The number of aromatic nitrogens is 1. The summed E-state index contributed by atoms with van der Waals surface area (Å²) in [5, 5.41) is 10.7. The number of amides is 1. The van der Waals surface area contributed by atoms with E-state index in [1.807, 2.05) is 42.5 Å². The van der Waals surface area contributed by atoms with Crippen LogP contribution in [0.4, 0.5) is 5.69 Å². The highest BCUT2D eigenvalue weighted by molar-refractivity contribution is 8.26. The lowest BCUT2D eigenvalue weighted by atomic mass is 10.2. The lowest BCUT2D eigenvalue weighted by Crippen LogP contribution is -2.27. The molecule has 0 atom stereocenters. The van der Waals surface area contributed by atoms with Crippen molar-refractivity contribution in [3.63, 3.8) is 0 Å². The molecule has 0 radical (unpaired) electrons. The van der Waals surface area contributed by atoms with Gasteiger partial charge in [-0.15, -0.1) is 0 Å². The van der Waals surface area contributed by atoms with Gasteiger partial charge in [-0.2, -0.15) is 0 Å². The fraction of sp³-hybridized carbons (Fsp3) is 0.0455. The minimum atomic E-state index is -0.520. The molecule has 9 heteroatoms. The van der Waals surface area contributed by atoms with Crippen LogP contribution in [0.1, 0.15) is 11.1 Å². The van der Waals surface area contributed by atoms with Crippen LogP contribution in [0.5, 0.6) is 11.6 Å². The largest absolute Gasteiger partial charge is 0.439 e. The Balaban J connectivity index is 1.43. The lowest BCUT2D eigenvalue weighted by Gasteiger charge is -2.14. The third-order valence-corrected chi connectivity index (χ3v) is 5.77. The van der Waals surface area contributed by atoms with Crippen molar-refractivity contribution >= 4 is 46.0 Å². The number of carbonyl (C=O) groups excluding carboxylic acids is 1. The van der Waals surface area contributed by atoms with Crippen molar-refractivity contribution in [1.29, 1.82) is 0 Å². The van der Waals surface area contributed by atoms with Crippen LogP contribution in [0.3, 0.4) is 0 Å². The van der Waals surface area contributed by atoms with Gasteiger partial charge in [-0.1, -0.05) is 66.4 Å². The van der Waals surface area contributed by atoms with Gasteiger partial charge in [0, 0.05) is 12.1 Å². The number of hydrogen-bond donors (Lipinski definition) is 0. The highest BCUT2D eigenvalue weighted by atomic mass is 32.2. The van der Waals surface area contributed by atoms with Gasteiger partial charge in [-0.05, 0) is 29.3 Å². The van der Waals surface area contributed by atoms with E-state index < -0.39 is 4.92 Å². The van der Waals surface area contributed by atoms with Crippen LogP contribution in [0.25, 0.3) is 6.08 Å². The molecule has 0 unspecified atom stereocenters. The monoisotopic (exact) mass is 449 g/mol. The summed E-state index contributed by atoms with van der Waals surface area (Å²) >= 11 is 6.67. The second kappa shape index (κ2) is 9.07. The van der Waals surface area contributed by atoms with E-state index >= 15 is 0 Å². The maximum absolute atomic E-state index is 12.8. The van der Waals surface area contributed by atoms with Crippen molar-refractivity contribution in [3.05, 3.63) is 99.1 Å². The average Bonchev–Trinajstić information content (AvgIpc) is 3.03. The van der Waals surface area contributed by atoms with E-state index in [4.69, 9.17) is 17.0 Å². The molecule has 0 spiro atoms. The zero-order valence-corrected chi connectivity index (χ0v) is 17.6. The van der Waals surface area contributed by atoms with E-state index in [-0.39, 0.29) is 17.5 Å². The molecule has 154 valence electrons. The molecule has 1 fully saturated rings. The van der Waals surface area contributed by atoms with E-state index in [1.165, 1.54) is 23.9 Å². The van der Waals surface area contributed by atoms with Crippen molar-refractivity contribution in [3.8, 4) is 11.6 Å². The number of benzene rings is 2. The second-order valence-corrected chi connectivity index (χ2v) is 8.21. The zero-order chi connectivity index (χ0) is 21.8. The van der Waals surface area contributed by atoms with Gasteiger partial charge < -0.3 is 4.74 Å². The summed E-state index contributed by atoms with van der Waals surface area (Å²) < 4.78 is 6.14. The van der Waals surface area contributed by atoms with Crippen LogP contribution in [-0.2, 0) is 11.3 Å². The summed E-state index contributed by atoms with van der Waals surface area (Å²) in [5.74, 6) is 0.657. The first-order valence-electron chi connectivity index (χ1n) is 9.17. The molecular weight excluding hydrogens is 434 g/mol. The van der Waals surface area contributed by atoms with Gasteiger partial charge in [0.25, 0.3) is 11.6 Å². The number of thiocarbonyl (C=S) groups is 1. The smallest absolute Gasteiger partial charge is 0.287 e. The molecule has 31 heavy (non-hydrogen) atoms. The maximum atomic E-state index is 12.8. The van der Waals surface area contributed by atoms with Crippen LogP contribution in [0, 0.1) is 10.1 Å². The Hall–Kier alpha value is -3.56. The Morgan fingerprint density at radius 2 is 1.84 bits per heavy atom. The molecule has 1 aliphatic heterocycles. The Morgan fingerprint density at radius 3 is 2.48 bits per heavy atom. The molecule has 1 aromatic heterocycles. The maximum Gasteiger partial charge on any atom is 0.287 e. The first kappa shape index (κ1) is 20.7. The summed E-state index contributed by atoms with van der Waals surface area (Å²) in [6.45, 7) is 0.442. The third kappa shape index (κ3) is 4.96. The van der Waals surface area contributed by atoms with Gasteiger partial charge in [0.2, 0.25) is 5.88 Å². The van der Waals surface area contributed by atoms with Crippen LogP contribution in [0.2, 0.25) is 0 Å². The molecule has 0 N–H and O–H groups in total. The first-order chi connectivity index (χ1) is 15.0. The Morgan fingerprint density at radius 1 is 1.10 bits per heavy atom. The number of rotatable bonds is 6. The van der Waals surface area contributed by atoms with E-state index in [9.17, 15) is 14.9 Å². The number of ether oxygens (including phenoxy) is 1. The van der Waals surface area contributed by atoms with E-state index in [2.05, 4.69) is 4.98 Å². The summed E-state index contributed by atoms with van der Waals surface area (Å²) in [4.78, 5) is 29.0. The summed E-state index contributed by atoms with van der Waals surface area (Å²) in [7, 11) is 0. The van der Waals surface area contributed by atoms with Crippen LogP contribution >= 0.6 is 24.0 Å². The molecule has 1 saturated heterocycles. The topological polar surface area (TPSA) is 85.6 Å². The molecule has 0 bridgehead atoms. The SMILES string of the molecule is O=C1/C(=C\c2ccc(Oc3ccc([N+](=O)[O-])cn3)cc2)SC(=S)N1Cc1ccccc1. The quantitative estimate of drug-likeness (QED) is 0.222. The molecule has 0 aliphatic carbocycles. The summed E-state index contributed by atoms with van der Waals surface area (Å²) in [5.41, 5.74) is 1.73. The molecule has 2 heterocycles. The van der Waals surface area contributed by atoms with Crippen molar-refractivity contribution in [1.82, 2.24) is 9.88 Å². The van der Waals surface area contributed by atoms with E-state index in [1.54, 1.807) is 23.1 Å². The standard InChI is InChI=1S/C22H15N3O4S2/c26-21-19(31-22(30)24(21)14-16-4-2-1-3-5-16)12-15-6-9-18(10-7-15)29-20-11-8-17(13-23-20)25(27)28/h1-13H,14H2/b19-12+. The minimum Gasteiger partial charge on any atom is -0.439 e. The van der Waals surface area contributed by atoms with Crippen LogP contribution in [0.15, 0.2) is 77.8 Å². The molecule has 7 nitrogen and oxygen atoms in total. The predicted octanol–water partition coefficient (Wildman–Crippen LogP) is 5.18. The molecule has 4 rings (SSSR count). The first-order valence-corrected chi connectivity index (χ1v) is 10.4. The van der Waals surface area contributed by atoms with E-state index in [0.717, 1.165) is 17.3 Å². The number of carbonyl (C=O) groups is 1. The zero-order valence-electron chi connectivity index (χ0n) is 16.0. The summed E-state index contributed by atoms with van der Waals surface area (Å²) in [6.07, 6.45) is 2.93. The fourth-order valence-electron chi connectivity index (χ4n) is 2.85. The van der Waals surface area contributed by atoms with Crippen molar-refractivity contribution in [2.24, 2.45) is 0 Å². The second-order valence-electron chi connectivity index (χ2n) is 6.54. The molecule has 2 aromatic carbocycles. The van der Waals surface area contributed by atoms with Gasteiger partial charge in [-0.25, -0.2) is 4.98 Å². The molecule has 3 aromatic rings. The highest BCUT2D eigenvalue weighted by Crippen LogP contribution is 2.34. The van der Waals surface area contributed by atoms with Gasteiger partial charge in [-0.3, -0.25) is 19.8 Å². The van der Waals surface area contributed by atoms with Gasteiger partial charge in [0.15, 0.2) is 0 Å².